The van der Waals surface area contributed by atoms with Crippen molar-refractivity contribution in [1.29, 1.82) is 0 Å². The lowest BCUT2D eigenvalue weighted by atomic mass is 10.2. The molecule has 1 fully saturated rings. The van der Waals surface area contributed by atoms with Crippen LogP contribution >= 0.6 is 0 Å². The third-order valence-corrected chi connectivity index (χ3v) is 3.04. The average Bonchev–Trinajstić information content (AvgIpc) is 2.73. The van der Waals surface area contributed by atoms with Gasteiger partial charge in [-0.1, -0.05) is 6.92 Å². The summed E-state index contributed by atoms with van der Waals surface area (Å²) in [4.78, 5) is 11.0. The van der Waals surface area contributed by atoms with Gasteiger partial charge in [0.15, 0.2) is 5.78 Å². The van der Waals surface area contributed by atoms with Crippen molar-refractivity contribution in [3.8, 4) is 0 Å². The molecule has 2 rings (SSSR count). The maximum Gasteiger partial charge on any atom is 0.155 e. The van der Waals surface area contributed by atoms with E-state index >= 15 is 0 Å². The van der Waals surface area contributed by atoms with Crippen LogP contribution in [0.15, 0.2) is 22.1 Å². The van der Waals surface area contributed by atoms with Gasteiger partial charge in [0.2, 0.25) is 0 Å². The van der Waals surface area contributed by atoms with Gasteiger partial charge in [-0.05, 0) is 50.0 Å². The Bertz CT molecular complexity index is 412. The van der Waals surface area contributed by atoms with Crippen LogP contribution < -0.4 is 0 Å². The van der Waals surface area contributed by atoms with Crippen LogP contribution in [0.1, 0.15) is 44.6 Å². The van der Waals surface area contributed by atoms with Crippen molar-refractivity contribution in [2.24, 2.45) is 5.92 Å². The first-order valence-electron chi connectivity index (χ1n) is 5.37. The fraction of sp³-hybridized carbons (Fsp3) is 0.462. The first kappa shape index (κ1) is 10.2. The molecule has 0 bridgehead atoms. The van der Waals surface area contributed by atoms with E-state index < -0.39 is 0 Å². The molecule has 1 saturated carbocycles. The van der Waals surface area contributed by atoms with Crippen molar-refractivity contribution in [3.63, 3.8) is 0 Å². The topological polar surface area (TPSA) is 30.2 Å². The standard InChI is InChI=1S/C13H16O2/c1-8(10(3)14)6-11-4-5-13(15-11)12-7-9(12)2/h4-6,9,12H,7H2,1-3H3/b8-6-. The number of carbonyl (C=O) groups is 1. The molecule has 1 aromatic heterocycles. The van der Waals surface area contributed by atoms with E-state index in [-0.39, 0.29) is 5.78 Å². The lowest BCUT2D eigenvalue weighted by molar-refractivity contribution is -0.113. The number of rotatable bonds is 3. The molecule has 0 spiro atoms. The molecule has 0 amide bonds. The van der Waals surface area contributed by atoms with Crippen molar-refractivity contribution >= 4 is 11.9 Å². The molecule has 0 aromatic carbocycles. The van der Waals surface area contributed by atoms with Crippen LogP contribution in [0.25, 0.3) is 6.08 Å². The normalized spacial score (nSPS) is 25.4. The third kappa shape index (κ3) is 2.20. The average molecular weight is 204 g/mol. The number of carbonyl (C=O) groups excluding carboxylic acids is 1. The summed E-state index contributed by atoms with van der Waals surface area (Å²) in [5.41, 5.74) is 0.736. The summed E-state index contributed by atoms with van der Waals surface area (Å²) in [5, 5.41) is 0. The summed E-state index contributed by atoms with van der Waals surface area (Å²) in [5.74, 6) is 3.29. The Hall–Kier alpha value is -1.31. The van der Waals surface area contributed by atoms with Crippen molar-refractivity contribution < 1.29 is 9.21 Å². The van der Waals surface area contributed by atoms with Gasteiger partial charge in [-0.2, -0.15) is 0 Å². The Morgan fingerprint density at radius 2 is 2.13 bits per heavy atom. The molecule has 2 heteroatoms. The third-order valence-electron chi connectivity index (χ3n) is 3.04. The van der Waals surface area contributed by atoms with Gasteiger partial charge < -0.3 is 4.42 Å². The Labute approximate surface area is 90.0 Å². The van der Waals surface area contributed by atoms with E-state index in [1.165, 1.54) is 6.42 Å². The molecule has 80 valence electrons. The second-order valence-corrected chi connectivity index (χ2v) is 4.44. The van der Waals surface area contributed by atoms with E-state index in [9.17, 15) is 4.79 Å². The highest BCUT2D eigenvalue weighted by Crippen LogP contribution is 2.47. The van der Waals surface area contributed by atoms with Crippen molar-refractivity contribution in [1.82, 2.24) is 0 Å². The molecule has 15 heavy (non-hydrogen) atoms. The van der Waals surface area contributed by atoms with Gasteiger partial charge in [0.25, 0.3) is 0 Å². The summed E-state index contributed by atoms with van der Waals surface area (Å²) in [6.07, 6.45) is 3.03. The maximum atomic E-state index is 11.0. The molecular formula is C13H16O2. The fourth-order valence-electron chi connectivity index (χ4n) is 1.68. The molecule has 1 heterocycles. The van der Waals surface area contributed by atoms with Gasteiger partial charge in [0.1, 0.15) is 11.5 Å². The van der Waals surface area contributed by atoms with Gasteiger partial charge in [-0.15, -0.1) is 0 Å². The largest absolute Gasteiger partial charge is 0.461 e. The molecule has 2 nitrogen and oxygen atoms in total. The second-order valence-electron chi connectivity index (χ2n) is 4.44. The quantitative estimate of drug-likeness (QED) is 0.706. The van der Waals surface area contributed by atoms with E-state index in [1.54, 1.807) is 13.0 Å². The first-order valence-corrected chi connectivity index (χ1v) is 5.37. The number of Topliss-reactive ketones (excluding diaryl/α,β-unsaturated/α-hetero) is 1. The summed E-state index contributed by atoms with van der Waals surface area (Å²) in [7, 11) is 0. The summed E-state index contributed by atoms with van der Waals surface area (Å²) >= 11 is 0. The molecule has 1 aliphatic rings. The molecule has 2 unspecified atom stereocenters. The Kier molecular flexibility index (Phi) is 2.51. The van der Waals surface area contributed by atoms with Crippen LogP contribution in [-0.2, 0) is 4.79 Å². The molecule has 2 atom stereocenters. The summed E-state index contributed by atoms with van der Waals surface area (Å²) in [6.45, 7) is 5.60. The Morgan fingerprint density at radius 3 is 2.67 bits per heavy atom. The molecule has 1 aliphatic carbocycles. The van der Waals surface area contributed by atoms with Crippen molar-refractivity contribution in [2.75, 3.05) is 0 Å². The number of ketones is 1. The zero-order chi connectivity index (χ0) is 11.0. The monoisotopic (exact) mass is 204 g/mol. The van der Waals surface area contributed by atoms with Crippen LogP contribution in [0.5, 0.6) is 0 Å². The lowest BCUT2D eigenvalue weighted by Crippen LogP contribution is -1.89. The van der Waals surface area contributed by atoms with Gasteiger partial charge >= 0.3 is 0 Å². The van der Waals surface area contributed by atoms with E-state index in [0.717, 1.165) is 23.0 Å². The van der Waals surface area contributed by atoms with Crippen LogP contribution in [0.3, 0.4) is 0 Å². The van der Waals surface area contributed by atoms with Gasteiger partial charge in [0, 0.05) is 5.92 Å². The second kappa shape index (κ2) is 3.69. The van der Waals surface area contributed by atoms with Crippen LogP contribution in [-0.4, -0.2) is 5.78 Å². The van der Waals surface area contributed by atoms with Gasteiger partial charge in [0.05, 0.1) is 0 Å². The van der Waals surface area contributed by atoms with Crippen molar-refractivity contribution in [2.45, 2.75) is 33.1 Å². The van der Waals surface area contributed by atoms with Crippen LogP contribution in [0.4, 0.5) is 0 Å². The highest BCUT2D eigenvalue weighted by atomic mass is 16.3. The molecule has 0 N–H and O–H groups in total. The maximum absolute atomic E-state index is 11.0. The SMILES string of the molecule is CC(=O)/C(C)=C\c1ccc(C2CC2C)o1. The molecule has 0 radical (unpaired) electrons. The van der Waals surface area contributed by atoms with E-state index in [4.69, 9.17) is 4.42 Å². The lowest BCUT2D eigenvalue weighted by Gasteiger charge is -1.93. The highest BCUT2D eigenvalue weighted by molar-refractivity contribution is 5.96. The summed E-state index contributed by atoms with van der Waals surface area (Å²) in [6, 6.07) is 3.96. The zero-order valence-electron chi connectivity index (χ0n) is 9.41. The predicted molar refractivity (Wildman–Crippen MR) is 59.6 cm³/mol. The van der Waals surface area contributed by atoms with E-state index in [0.29, 0.717) is 5.92 Å². The Morgan fingerprint density at radius 1 is 1.47 bits per heavy atom. The molecule has 1 aromatic rings. The van der Waals surface area contributed by atoms with Crippen LogP contribution in [0, 0.1) is 5.92 Å². The minimum absolute atomic E-state index is 0.0905. The minimum atomic E-state index is 0.0905. The number of furan rings is 1. The smallest absolute Gasteiger partial charge is 0.155 e. The predicted octanol–water partition coefficient (Wildman–Crippen LogP) is 3.40. The van der Waals surface area contributed by atoms with Gasteiger partial charge in [-0.3, -0.25) is 4.79 Å². The Balaban J connectivity index is 2.14. The fourth-order valence-corrected chi connectivity index (χ4v) is 1.68. The molecular weight excluding hydrogens is 188 g/mol. The number of allylic oxidation sites excluding steroid dienone is 1. The highest BCUT2D eigenvalue weighted by Gasteiger charge is 2.36. The van der Waals surface area contributed by atoms with E-state index in [1.807, 2.05) is 19.1 Å². The molecule has 0 saturated heterocycles. The first-order chi connectivity index (χ1) is 7.08. The summed E-state index contributed by atoms with van der Waals surface area (Å²) < 4.78 is 5.67. The number of hydrogen-bond acceptors (Lipinski definition) is 2. The van der Waals surface area contributed by atoms with Crippen molar-refractivity contribution in [3.05, 3.63) is 29.2 Å². The zero-order valence-corrected chi connectivity index (χ0v) is 9.41. The minimum Gasteiger partial charge on any atom is -0.461 e. The van der Waals surface area contributed by atoms with Gasteiger partial charge in [-0.25, -0.2) is 0 Å². The number of hydrogen-bond donors (Lipinski definition) is 0. The van der Waals surface area contributed by atoms with Crippen LogP contribution in [0.2, 0.25) is 0 Å². The molecule has 0 aliphatic heterocycles. The van der Waals surface area contributed by atoms with E-state index in [2.05, 4.69) is 6.92 Å².